The van der Waals surface area contributed by atoms with Gasteiger partial charge in [0.05, 0.1) is 0 Å². The summed E-state index contributed by atoms with van der Waals surface area (Å²) in [5.41, 5.74) is 4.84. The minimum atomic E-state index is 0.504. The zero-order chi connectivity index (χ0) is 13.9. The lowest BCUT2D eigenvalue weighted by Gasteiger charge is -2.31. The summed E-state index contributed by atoms with van der Waals surface area (Å²) in [6, 6.07) is 7.62. The first kappa shape index (κ1) is 14.6. The Morgan fingerprint density at radius 2 is 1.63 bits per heavy atom. The standard InChI is InChI=1S/C18H29N/c1-14(2)19-13-18(7-5-6-8-18)12-17-10-15(3)9-16(4)11-17/h9-11,14,19H,5-8,12-13H2,1-4H3. The van der Waals surface area contributed by atoms with Gasteiger partial charge in [0.25, 0.3) is 0 Å². The molecular formula is C18H29N. The van der Waals surface area contributed by atoms with Crippen molar-refractivity contribution in [2.75, 3.05) is 6.54 Å². The molecular weight excluding hydrogens is 230 g/mol. The Hall–Kier alpha value is -0.820. The van der Waals surface area contributed by atoms with Crippen molar-refractivity contribution < 1.29 is 0 Å². The van der Waals surface area contributed by atoms with E-state index in [1.807, 2.05) is 0 Å². The van der Waals surface area contributed by atoms with Crippen LogP contribution >= 0.6 is 0 Å². The van der Waals surface area contributed by atoms with Crippen LogP contribution in [-0.2, 0) is 6.42 Å². The van der Waals surface area contributed by atoms with E-state index in [9.17, 15) is 0 Å². The van der Waals surface area contributed by atoms with E-state index in [0.717, 1.165) is 0 Å². The molecule has 1 heteroatoms. The summed E-state index contributed by atoms with van der Waals surface area (Å²) in [6.45, 7) is 10.1. The number of hydrogen-bond acceptors (Lipinski definition) is 1. The Labute approximate surface area is 118 Å². The number of nitrogens with one attached hydrogen (secondary N) is 1. The van der Waals surface area contributed by atoms with E-state index in [1.54, 1.807) is 0 Å². The molecule has 0 atom stereocenters. The van der Waals surface area contributed by atoms with E-state index < -0.39 is 0 Å². The predicted molar refractivity (Wildman–Crippen MR) is 83.7 cm³/mol. The highest BCUT2D eigenvalue weighted by atomic mass is 14.9. The molecule has 1 aromatic rings. The fraction of sp³-hybridized carbons (Fsp3) is 0.667. The third-order valence-corrected chi connectivity index (χ3v) is 4.41. The monoisotopic (exact) mass is 259 g/mol. The van der Waals surface area contributed by atoms with Crippen LogP contribution in [0.15, 0.2) is 18.2 Å². The van der Waals surface area contributed by atoms with Crippen molar-refractivity contribution in [3.63, 3.8) is 0 Å². The molecule has 0 saturated heterocycles. The maximum atomic E-state index is 3.68. The van der Waals surface area contributed by atoms with Crippen LogP contribution in [0.2, 0.25) is 0 Å². The van der Waals surface area contributed by atoms with E-state index in [2.05, 4.69) is 51.2 Å². The van der Waals surface area contributed by atoms with Crippen molar-refractivity contribution in [2.24, 2.45) is 5.41 Å². The third-order valence-electron chi connectivity index (χ3n) is 4.41. The molecule has 106 valence electrons. The summed E-state index contributed by atoms with van der Waals surface area (Å²) >= 11 is 0. The van der Waals surface area contributed by atoms with Crippen molar-refractivity contribution in [1.82, 2.24) is 5.32 Å². The van der Waals surface area contributed by atoms with Gasteiger partial charge in [-0.2, -0.15) is 0 Å². The smallest absolute Gasteiger partial charge is 0.00134 e. The van der Waals surface area contributed by atoms with E-state index >= 15 is 0 Å². The Balaban J connectivity index is 2.11. The van der Waals surface area contributed by atoms with E-state index in [4.69, 9.17) is 0 Å². The maximum absolute atomic E-state index is 3.68. The first-order valence-electron chi connectivity index (χ1n) is 7.80. The Morgan fingerprint density at radius 1 is 1.05 bits per heavy atom. The Morgan fingerprint density at radius 3 is 2.16 bits per heavy atom. The Kier molecular flexibility index (Phi) is 4.67. The summed E-state index contributed by atoms with van der Waals surface area (Å²) in [5.74, 6) is 0. The van der Waals surface area contributed by atoms with Crippen molar-refractivity contribution in [2.45, 2.75) is 65.8 Å². The second kappa shape index (κ2) is 6.09. The molecule has 2 rings (SSSR count). The molecule has 0 radical (unpaired) electrons. The zero-order valence-electron chi connectivity index (χ0n) is 13.1. The minimum Gasteiger partial charge on any atom is -0.314 e. The molecule has 1 saturated carbocycles. The quantitative estimate of drug-likeness (QED) is 0.826. The molecule has 1 fully saturated rings. The third kappa shape index (κ3) is 4.07. The van der Waals surface area contributed by atoms with Crippen LogP contribution in [0.25, 0.3) is 0 Å². The van der Waals surface area contributed by atoms with Crippen LogP contribution < -0.4 is 5.32 Å². The van der Waals surface area contributed by atoms with E-state index in [-0.39, 0.29) is 0 Å². The summed E-state index contributed by atoms with van der Waals surface area (Å²) in [5, 5.41) is 3.68. The second-order valence-electron chi connectivity index (χ2n) is 6.92. The number of benzene rings is 1. The van der Waals surface area contributed by atoms with Crippen LogP contribution in [0.3, 0.4) is 0 Å². The highest BCUT2D eigenvalue weighted by Gasteiger charge is 2.33. The van der Waals surface area contributed by atoms with Gasteiger partial charge in [0, 0.05) is 12.6 Å². The average Bonchev–Trinajstić information content (AvgIpc) is 2.74. The van der Waals surface area contributed by atoms with Gasteiger partial charge >= 0.3 is 0 Å². The molecule has 1 aliphatic carbocycles. The lowest BCUT2D eigenvalue weighted by atomic mass is 9.79. The molecule has 1 aliphatic rings. The van der Waals surface area contributed by atoms with Crippen molar-refractivity contribution in [1.29, 1.82) is 0 Å². The van der Waals surface area contributed by atoms with Crippen LogP contribution in [0, 0.1) is 19.3 Å². The van der Waals surface area contributed by atoms with Gasteiger partial charge in [-0.25, -0.2) is 0 Å². The fourth-order valence-electron chi connectivity index (χ4n) is 3.57. The van der Waals surface area contributed by atoms with Gasteiger partial charge < -0.3 is 5.32 Å². The fourth-order valence-corrected chi connectivity index (χ4v) is 3.57. The van der Waals surface area contributed by atoms with E-state index in [0.29, 0.717) is 11.5 Å². The van der Waals surface area contributed by atoms with Gasteiger partial charge in [-0.3, -0.25) is 0 Å². The van der Waals surface area contributed by atoms with Crippen LogP contribution in [0.4, 0.5) is 0 Å². The first-order valence-corrected chi connectivity index (χ1v) is 7.80. The van der Waals surface area contributed by atoms with Crippen LogP contribution in [-0.4, -0.2) is 12.6 Å². The highest BCUT2D eigenvalue weighted by molar-refractivity contribution is 5.29. The summed E-state index contributed by atoms with van der Waals surface area (Å²) in [7, 11) is 0. The van der Waals surface area contributed by atoms with Crippen LogP contribution in [0.5, 0.6) is 0 Å². The summed E-state index contributed by atoms with van der Waals surface area (Å²) < 4.78 is 0. The number of rotatable bonds is 5. The molecule has 1 N–H and O–H groups in total. The molecule has 0 amide bonds. The number of hydrogen-bond donors (Lipinski definition) is 1. The normalized spacial score (nSPS) is 18.2. The average molecular weight is 259 g/mol. The maximum Gasteiger partial charge on any atom is 0.00134 e. The lowest BCUT2D eigenvalue weighted by Crippen LogP contribution is -2.37. The van der Waals surface area contributed by atoms with Crippen LogP contribution in [0.1, 0.15) is 56.2 Å². The van der Waals surface area contributed by atoms with Crippen molar-refractivity contribution in [3.05, 3.63) is 34.9 Å². The first-order chi connectivity index (χ1) is 8.99. The molecule has 0 spiro atoms. The molecule has 19 heavy (non-hydrogen) atoms. The Bertz CT molecular complexity index is 393. The largest absolute Gasteiger partial charge is 0.314 e. The second-order valence-corrected chi connectivity index (χ2v) is 6.92. The number of aryl methyl sites for hydroxylation is 2. The SMILES string of the molecule is Cc1cc(C)cc(CC2(CNC(C)C)CCCC2)c1. The van der Waals surface area contributed by atoms with E-state index in [1.165, 1.54) is 55.3 Å². The molecule has 0 aliphatic heterocycles. The van der Waals surface area contributed by atoms with Crippen molar-refractivity contribution in [3.8, 4) is 0 Å². The van der Waals surface area contributed by atoms with Gasteiger partial charge in [0.1, 0.15) is 0 Å². The zero-order valence-corrected chi connectivity index (χ0v) is 13.1. The summed E-state index contributed by atoms with van der Waals surface area (Å²) in [6.07, 6.45) is 6.84. The minimum absolute atomic E-state index is 0.504. The highest BCUT2D eigenvalue weighted by Crippen LogP contribution is 2.40. The van der Waals surface area contributed by atoms with Gasteiger partial charge in [-0.15, -0.1) is 0 Å². The molecule has 0 heterocycles. The summed E-state index contributed by atoms with van der Waals surface area (Å²) in [4.78, 5) is 0. The molecule has 0 bridgehead atoms. The van der Waals surface area contributed by atoms with Gasteiger partial charge in [0.2, 0.25) is 0 Å². The molecule has 0 aromatic heterocycles. The molecule has 1 nitrogen and oxygen atoms in total. The van der Waals surface area contributed by atoms with Gasteiger partial charge in [-0.05, 0) is 44.1 Å². The topological polar surface area (TPSA) is 12.0 Å². The van der Waals surface area contributed by atoms with Crippen molar-refractivity contribution >= 4 is 0 Å². The predicted octanol–water partition coefficient (Wildman–Crippen LogP) is 4.40. The van der Waals surface area contributed by atoms with Gasteiger partial charge in [-0.1, -0.05) is 56.0 Å². The lowest BCUT2D eigenvalue weighted by molar-refractivity contribution is 0.269. The van der Waals surface area contributed by atoms with Gasteiger partial charge in [0.15, 0.2) is 0 Å². The molecule has 1 aromatic carbocycles. The molecule has 0 unspecified atom stereocenters.